The molecular weight excluding hydrogens is 591 g/mol. The fourth-order valence-electron chi connectivity index (χ4n) is 6.62. The van der Waals surface area contributed by atoms with E-state index in [1.807, 2.05) is 0 Å². The molecule has 0 radical (unpaired) electrons. The Hall–Kier alpha value is -1.12. The zero-order valence-electron chi connectivity index (χ0n) is 21.6. The SMILES string of the molecule is CCc1ccc(CC)c2c1C=C[CH]2[Hf](=[Si]=CC1CCCC1)[CH]1C=Cc2c(CC)ccc(CC)c21. The minimum atomic E-state index is -2.20. The van der Waals surface area contributed by atoms with Gasteiger partial charge in [0.25, 0.3) is 0 Å². The van der Waals surface area contributed by atoms with E-state index in [1.165, 1.54) is 25.7 Å². The molecular formula is C32H40HfSi. The van der Waals surface area contributed by atoms with Crippen molar-refractivity contribution >= 4 is 23.7 Å². The Balaban J connectivity index is 1.69. The topological polar surface area (TPSA) is 0 Å². The average molecular weight is 631 g/mol. The normalized spacial score (nSPS) is 20.5. The maximum atomic E-state index is 2.86. The van der Waals surface area contributed by atoms with Gasteiger partial charge < -0.3 is 0 Å². The van der Waals surface area contributed by atoms with E-state index in [1.54, 1.807) is 44.5 Å². The molecule has 0 N–H and O–H groups in total. The molecule has 5 rings (SSSR count). The van der Waals surface area contributed by atoms with Gasteiger partial charge in [-0.15, -0.1) is 0 Å². The summed E-state index contributed by atoms with van der Waals surface area (Å²) in [4.78, 5) is 0. The fourth-order valence-corrected chi connectivity index (χ4v) is 28.4. The van der Waals surface area contributed by atoms with Crippen molar-refractivity contribution in [1.29, 1.82) is 0 Å². The number of hydrogen-bond donors (Lipinski definition) is 0. The number of allylic oxidation sites excluding steroid dienone is 2. The second-order valence-corrected chi connectivity index (χ2v) is 26.5. The Morgan fingerprint density at radius 2 is 1.15 bits per heavy atom. The number of fused-ring (bicyclic) bond motifs is 2. The van der Waals surface area contributed by atoms with Crippen molar-refractivity contribution in [2.45, 2.75) is 86.4 Å². The zero-order valence-corrected chi connectivity index (χ0v) is 26.2. The van der Waals surface area contributed by atoms with Crippen LogP contribution in [-0.4, -0.2) is 11.5 Å². The minimum absolute atomic E-state index is 0.744. The quantitative estimate of drug-likeness (QED) is 0.272. The molecule has 2 aromatic carbocycles. The second kappa shape index (κ2) is 10.9. The molecule has 0 aromatic heterocycles. The summed E-state index contributed by atoms with van der Waals surface area (Å²) in [6, 6.07) is 9.76. The Bertz CT molecular complexity index is 1120. The third-order valence-electron chi connectivity index (χ3n) is 8.55. The van der Waals surface area contributed by atoms with E-state index in [2.05, 4.69) is 81.9 Å². The standard InChI is InChI=1S/2C13H15.C6H10Si.Hf/c2*1-3-10-8-9-11(4-2)13-7-5-6-12(10)13;7-5-6-3-1-2-4-6;/h2*5-9H,3-4H2,1-2H3;5-6H,1-4H2;. The van der Waals surface area contributed by atoms with Crippen LogP contribution in [0.3, 0.4) is 0 Å². The van der Waals surface area contributed by atoms with Crippen LogP contribution in [-0.2, 0) is 45.7 Å². The molecule has 3 aliphatic rings. The van der Waals surface area contributed by atoms with E-state index >= 15 is 0 Å². The summed E-state index contributed by atoms with van der Waals surface area (Å²) >= 11 is -2.20. The van der Waals surface area contributed by atoms with Gasteiger partial charge in [0.05, 0.1) is 0 Å². The number of aryl methyl sites for hydroxylation is 4. The predicted octanol–water partition coefficient (Wildman–Crippen LogP) is 8.00. The average Bonchev–Trinajstić information content (AvgIpc) is 3.64. The van der Waals surface area contributed by atoms with Gasteiger partial charge in [0.15, 0.2) is 0 Å². The van der Waals surface area contributed by atoms with Crippen LogP contribution < -0.4 is 0 Å². The van der Waals surface area contributed by atoms with Crippen LogP contribution in [0.5, 0.6) is 0 Å². The molecule has 2 atom stereocenters. The molecule has 0 heterocycles. The molecule has 0 aliphatic heterocycles. The van der Waals surface area contributed by atoms with E-state index in [0.29, 0.717) is 0 Å². The van der Waals surface area contributed by atoms with Crippen molar-refractivity contribution in [2.24, 2.45) is 5.92 Å². The molecule has 0 saturated heterocycles. The first-order chi connectivity index (χ1) is 16.7. The van der Waals surface area contributed by atoms with E-state index in [9.17, 15) is 0 Å². The van der Waals surface area contributed by atoms with Crippen molar-refractivity contribution in [1.82, 2.24) is 0 Å². The number of rotatable bonds is 7. The molecule has 0 spiro atoms. The van der Waals surface area contributed by atoms with Gasteiger partial charge in [-0.1, -0.05) is 0 Å². The molecule has 0 nitrogen and oxygen atoms in total. The summed E-state index contributed by atoms with van der Waals surface area (Å²) in [5.74, 6) is 2.02. The number of benzene rings is 2. The van der Waals surface area contributed by atoms with Crippen molar-refractivity contribution in [3.63, 3.8) is 0 Å². The van der Waals surface area contributed by atoms with Gasteiger partial charge in [-0.3, -0.25) is 0 Å². The van der Waals surface area contributed by atoms with Gasteiger partial charge in [0, 0.05) is 0 Å². The molecule has 2 heteroatoms. The summed E-state index contributed by atoms with van der Waals surface area (Å²) < 4.78 is 1.49. The van der Waals surface area contributed by atoms with Gasteiger partial charge in [-0.2, -0.15) is 0 Å². The maximum absolute atomic E-state index is 2.86. The van der Waals surface area contributed by atoms with Crippen LogP contribution in [0.25, 0.3) is 12.2 Å². The molecule has 176 valence electrons. The molecule has 0 bridgehead atoms. The van der Waals surface area contributed by atoms with Gasteiger partial charge in [-0.05, 0) is 0 Å². The first-order valence-electron chi connectivity index (χ1n) is 13.8. The van der Waals surface area contributed by atoms with E-state index < -0.39 is 20.1 Å². The number of hydrogen-bond acceptors (Lipinski definition) is 0. The molecule has 1 fully saturated rings. The molecule has 0 amide bonds. The van der Waals surface area contributed by atoms with E-state index in [4.69, 9.17) is 0 Å². The van der Waals surface area contributed by atoms with E-state index in [-0.39, 0.29) is 0 Å². The Morgan fingerprint density at radius 1 is 0.706 bits per heavy atom. The first kappa shape index (κ1) is 24.6. The summed E-state index contributed by atoms with van der Waals surface area (Å²) in [6.45, 7) is 9.38. The van der Waals surface area contributed by atoms with Crippen LogP contribution in [0.15, 0.2) is 36.4 Å². The predicted molar refractivity (Wildman–Crippen MR) is 148 cm³/mol. The van der Waals surface area contributed by atoms with Crippen LogP contribution in [0.4, 0.5) is 0 Å². The van der Waals surface area contributed by atoms with Gasteiger partial charge in [-0.25, -0.2) is 0 Å². The summed E-state index contributed by atoms with van der Waals surface area (Å²) in [5.41, 5.74) is 15.9. The van der Waals surface area contributed by atoms with Crippen molar-refractivity contribution in [3.8, 4) is 0 Å². The van der Waals surface area contributed by atoms with Crippen molar-refractivity contribution in [3.05, 3.63) is 80.9 Å². The monoisotopic (exact) mass is 632 g/mol. The third-order valence-corrected chi connectivity index (χ3v) is 28.3. The van der Waals surface area contributed by atoms with E-state index in [0.717, 1.165) is 44.8 Å². The third kappa shape index (κ3) is 4.43. The summed E-state index contributed by atoms with van der Waals surface area (Å²) in [7, 11) is 0. The Morgan fingerprint density at radius 3 is 1.59 bits per heavy atom. The van der Waals surface area contributed by atoms with Crippen LogP contribution in [0, 0.1) is 5.92 Å². The Kier molecular flexibility index (Phi) is 7.85. The van der Waals surface area contributed by atoms with Crippen LogP contribution >= 0.6 is 0 Å². The molecule has 34 heavy (non-hydrogen) atoms. The zero-order chi connectivity index (χ0) is 23.7. The van der Waals surface area contributed by atoms with Crippen molar-refractivity contribution in [2.75, 3.05) is 0 Å². The van der Waals surface area contributed by atoms with Crippen molar-refractivity contribution < 1.29 is 20.1 Å². The van der Waals surface area contributed by atoms with Gasteiger partial charge in [0.1, 0.15) is 0 Å². The van der Waals surface area contributed by atoms with Crippen LogP contribution in [0.1, 0.15) is 105 Å². The first-order valence-corrected chi connectivity index (χ1v) is 24.4. The Labute approximate surface area is 215 Å². The second-order valence-electron chi connectivity index (χ2n) is 10.3. The van der Waals surface area contributed by atoms with Gasteiger partial charge >= 0.3 is 217 Å². The molecule has 1 saturated carbocycles. The van der Waals surface area contributed by atoms with Crippen LogP contribution in [0.2, 0.25) is 0 Å². The molecule has 3 aliphatic carbocycles. The summed E-state index contributed by atoms with van der Waals surface area (Å²) in [6.07, 6.45) is 20.8. The summed E-state index contributed by atoms with van der Waals surface area (Å²) in [5, 5.41) is 0. The molecule has 2 unspecified atom stereocenters. The molecule has 2 aromatic rings. The van der Waals surface area contributed by atoms with Gasteiger partial charge in [0.2, 0.25) is 0 Å². The fraction of sp³-hybridized carbons (Fsp3) is 0.469.